The minimum atomic E-state index is -0.583. The lowest BCUT2D eigenvalue weighted by Crippen LogP contribution is -2.24. The number of hydrogen-bond acceptors (Lipinski definition) is 5. The number of carbonyl (C=O) groups excluding carboxylic acids is 2. The zero-order valence-electron chi connectivity index (χ0n) is 18.3. The van der Waals surface area contributed by atoms with Crippen molar-refractivity contribution >= 4 is 17.7 Å². The maximum atomic E-state index is 12.4. The first kappa shape index (κ1) is 22.2. The van der Waals surface area contributed by atoms with Crippen LogP contribution in [0.1, 0.15) is 23.6 Å². The largest absolute Gasteiger partial charge is 0.454 e. The van der Waals surface area contributed by atoms with E-state index in [-0.39, 0.29) is 6.61 Å². The quantitative estimate of drug-likeness (QED) is 0.556. The summed E-state index contributed by atoms with van der Waals surface area (Å²) in [7, 11) is 0. The Morgan fingerprint density at radius 1 is 0.968 bits per heavy atom. The fourth-order valence-electron chi connectivity index (χ4n) is 3.16. The van der Waals surface area contributed by atoms with Gasteiger partial charge in [-0.25, -0.2) is 9.48 Å². The molecule has 162 valence electrons. The SMILES string of the molecule is CCOCC(=O)OCC(=O)Nc1cc(-c2cc(C)c(C)cc2C)nn1-c1ccccc1. The zero-order valence-corrected chi connectivity index (χ0v) is 18.3. The number of esters is 1. The molecule has 0 saturated carbocycles. The molecule has 7 heteroatoms. The topological polar surface area (TPSA) is 82.4 Å². The van der Waals surface area contributed by atoms with Crippen LogP contribution in [-0.4, -0.2) is 41.5 Å². The number of aromatic nitrogens is 2. The van der Waals surface area contributed by atoms with Gasteiger partial charge in [0.1, 0.15) is 12.4 Å². The lowest BCUT2D eigenvalue weighted by Gasteiger charge is -2.09. The van der Waals surface area contributed by atoms with Gasteiger partial charge in [-0.05, 0) is 62.6 Å². The predicted octanol–water partition coefficient (Wildman–Crippen LogP) is 3.98. The summed E-state index contributed by atoms with van der Waals surface area (Å²) >= 11 is 0. The predicted molar refractivity (Wildman–Crippen MR) is 119 cm³/mol. The number of aryl methyl sites for hydroxylation is 3. The van der Waals surface area contributed by atoms with Crippen LogP contribution in [0.15, 0.2) is 48.5 Å². The van der Waals surface area contributed by atoms with Gasteiger partial charge in [0.25, 0.3) is 5.91 Å². The maximum absolute atomic E-state index is 12.4. The smallest absolute Gasteiger partial charge is 0.332 e. The summed E-state index contributed by atoms with van der Waals surface area (Å²) in [6.45, 7) is 7.78. The van der Waals surface area contributed by atoms with E-state index in [1.54, 1.807) is 11.6 Å². The van der Waals surface area contributed by atoms with Gasteiger partial charge in [-0.3, -0.25) is 4.79 Å². The van der Waals surface area contributed by atoms with Crippen molar-refractivity contribution in [2.45, 2.75) is 27.7 Å². The number of anilines is 1. The van der Waals surface area contributed by atoms with E-state index in [0.29, 0.717) is 12.4 Å². The van der Waals surface area contributed by atoms with Crippen molar-refractivity contribution in [3.63, 3.8) is 0 Å². The van der Waals surface area contributed by atoms with Crippen LogP contribution in [0.4, 0.5) is 5.82 Å². The number of para-hydroxylation sites is 1. The number of nitrogens with one attached hydrogen (secondary N) is 1. The van der Waals surface area contributed by atoms with E-state index in [1.807, 2.05) is 43.3 Å². The molecule has 1 heterocycles. The van der Waals surface area contributed by atoms with E-state index in [4.69, 9.17) is 14.6 Å². The maximum Gasteiger partial charge on any atom is 0.332 e. The molecule has 0 radical (unpaired) electrons. The fraction of sp³-hybridized carbons (Fsp3) is 0.292. The van der Waals surface area contributed by atoms with Gasteiger partial charge >= 0.3 is 5.97 Å². The highest BCUT2D eigenvalue weighted by Crippen LogP contribution is 2.29. The molecule has 0 bridgehead atoms. The van der Waals surface area contributed by atoms with Crippen LogP contribution in [0.25, 0.3) is 16.9 Å². The summed E-state index contributed by atoms with van der Waals surface area (Å²) in [6, 6.07) is 15.6. The molecule has 1 amide bonds. The van der Waals surface area contributed by atoms with Gasteiger partial charge in [-0.1, -0.05) is 24.3 Å². The van der Waals surface area contributed by atoms with Crippen LogP contribution in [0, 0.1) is 20.8 Å². The standard InChI is InChI=1S/C24H27N3O4/c1-5-30-15-24(29)31-14-23(28)25-22-13-21(20-12-17(3)16(2)11-18(20)4)26-27(22)19-9-7-6-8-10-19/h6-13H,5,14-15H2,1-4H3,(H,25,28). The van der Waals surface area contributed by atoms with Gasteiger partial charge in [-0.2, -0.15) is 5.10 Å². The molecule has 2 aromatic carbocycles. The minimum Gasteiger partial charge on any atom is -0.454 e. The van der Waals surface area contributed by atoms with E-state index >= 15 is 0 Å². The van der Waals surface area contributed by atoms with Gasteiger partial charge < -0.3 is 14.8 Å². The van der Waals surface area contributed by atoms with Crippen molar-refractivity contribution < 1.29 is 19.1 Å². The zero-order chi connectivity index (χ0) is 22.4. The third-order valence-electron chi connectivity index (χ3n) is 4.88. The Morgan fingerprint density at radius 3 is 2.39 bits per heavy atom. The molecule has 0 atom stereocenters. The molecule has 31 heavy (non-hydrogen) atoms. The Kier molecular flexibility index (Phi) is 7.20. The van der Waals surface area contributed by atoms with Crippen molar-refractivity contribution in [2.75, 3.05) is 25.1 Å². The summed E-state index contributed by atoms with van der Waals surface area (Å²) in [6.07, 6.45) is 0. The second-order valence-corrected chi connectivity index (χ2v) is 7.26. The molecule has 0 spiro atoms. The average molecular weight is 421 g/mol. The molecular weight excluding hydrogens is 394 g/mol. The Bertz CT molecular complexity index is 1070. The van der Waals surface area contributed by atoms with Crippen LogP contribution in [0.3, 0.4) is 0 Å². The average Bonchev–Trinajstić information content (AvgIpc) is 3.17. The summed E-state index contributed by atoms with van der Waals surface area (Å²) in [5.41, 5.74) is 6.03. The summed E-state index contributed by atoms with van der Waals surface area (Å²) in [5.74, 6) is -0.546. The monoisotopic (exact) mass is 421 g/mol. The molecule has 3 rings (SSSR count). The first-order chi connectivity index (χ1) is 14.9. The van der Waals surface area contributed by atoms with Gasteiger partial charge in [-0.15, -0.1) is 0 Å². The summed E-state index contributed by atoms with van der Waals surface area (Å²) in [4.78, 5) is 24.0. The Labute approximate surface area is 182 Å². The van der Waals surface area contributed by atoms with Crippen molar-refractivity contribution in [2.24, 2.45) is 0 Å². The Morgan fingerprint density at radius 2 is 1.68 bits per heavy atom. The third kappa shape index (κ3) is 5.58. The van der Waals surface area contributed by atoms with Gasteiger partial charge in [0.15, 0.2) is 6.61 Å². The number of ether oxygens (including phenoxy) is 2. The van der Waals surface area contributed by atoms with E-state index in [1.165, 1.54) is 11.1 Å². The summed E-state index contributed by atoms with van der Waals surface area (Å²) < 4.78 is 11.6. The molecular formula is C24H27N3O4. The molecule has 1 aromatic heterocycles. The van der Waals surface area contributed by atoms with E-state index in [2.05, 4.69) is 31.3 Å². The molecule has 3 aromatic rings. The van der Waals surface area contributed by atoms with Gasteiger partial charge in [0.2, 0.25) is 0 Å². The number of benzene rings is 2. The van der Waals surface area contributed by atoms with Crippen molar-refractivity contribution in [1.82, 2.24) is 9.78 Å². The summed E-state index contributed by atoms with van der Waals surface area (Å²) in [5, 5.41) is 7.54. The van der Waals surface area contributed by atoms with Crippen LogP contribution < -0.4 is 5.32 Å². The third-order valence-corrected chi connectivity index (χ3v) is 4.88. The lowest BCUT2D eigenvalue weighted by molar-refractivity contribution is -0.151. The van der Waals surface area contributed by atoms with Gasteiger partial charge in [0.05, 0.1) is 11.4 Å². The second kappa shape index (κ2) is 10.0. The van der Waals surface area contributed by atoms with E-state index in [9.17, 15) is 9.59 Å². The van der Waals surface area contributed by atoms with Crippen LogP contribution in [0.5, 0.6) is 0 Å². The highest BCUT2D eigenvalue weighted by Gasteiger charge is 2.16. The molecule has 0 fully saturated rings. The molecule has 0 saturated heterocycles. The lowest BCUT2D eigenvalue weighted by atomic mass is 9.99. The minimum absolute atomic E-state index is 0.179. The number of amides is 1. The molecule has 0 aliphatic heterocycles. The van der Waals surface area contributed by atoms with E-state index in [0.717, 1.165) is 22.5 Å². The van der Waals surface area contributed by atoms with Crippen molar-refractivity contribution in [3.8, 4) is 16.9 Å². The van der Waals surface area contributed by atoms with Crippen molar-refractivity contribution in [1.29, 1.82) is 0 Å². The molecule has 0 unspecified atom stereocenters. The molecule has 0 aliphatic rings. The number of carbonyl (C=O) groups is 2. The Hall–Kier alpha value is -3.45. The number of hydrogen-bond donors (Lipinski definition) is 1. The Balaban J connectivity index is 1.88. The first-order valence-electron chi connectivity index (χ1n) is 10.2. The number of rotatable bonds is 8. The first-order valence-corrected chi connectivity index (χ1v) is 10.2. The molecule has 7 nitrogen and oxygen atoms in total. The molecule has 0 aliphatic carbocycles. The van der Waals surface area contributed by atoms with Gasteiger partial charge in [0, 0.05) is 18.2 Å². The van der Waals surface area contributed by atoms with Crippen LogP contribution >= 0.6 is 0 Å². The van der Waals surface area contributed by atoms with Crippen molar-refractivity contribution in [3.05, 3.63) is 65.2 Å². The van der Waals surface area contributed by atoms with Crippen LogP contribution in [-0.2, 0) is 19.1 Å². The number of nitrogens with zero attached hydrogens (tertiary/aromatic N) is 2. The highest BCUT2D eigenvalue weighted by atomic mass is 16.6. The second-order valence-electron chi connectivity index (χ2n) is 7.26. The van der Waals surface area contributed by atoms with E-state index < -0.39 is 18.5 Å². The normalized spacial score (nSPS) is 10.7. The van der Waals surface area contributed by atoms with Crippen LogP contribution in [0.2, 0.25) is 0 Å². The fourth-order valence-corrected chi connectivity index (χ4v) is 3.16. The molecule has 1 N–H and O–H groups in total. The highest BCUT2D eigenvalue weighted by molar-refractivity contribution is 5.93.